The molecule has 1 unspecified atom stereocenters. The van der Waals surface area contributed by atoms with Gasteiger partial charge in [-0.3, -0.25) is 9.59 Å². The number of nitrogens with zero attached hydrogens (tertiary/aromatic N) is 2. The minimum Gasteiger partial charge on any atom is -0.497 e. The molecule has 4 aliphatic rings. The fraction of sp³-hybridized carbons (Fsp3) is 0.542. The van der Waals surface area contributed by atoms with Gasteiger partial charge in [-0.2, -0.15) is 5.10 Å². The Hall–Kier alpha value is -2.63. The fourth-order valence-corrected chi connectivity index (χ4v) is 6.36. The molecule has 2 aromatic rings. The highest BCUT2D eigenvalue weighted by atomic mass is 16.5. The Morgan fingerprint density at radius 2 is 1.67 bits per heavy atom. The van der Waals surface area contributed by atoms with E-state index in [2.05, 4.69) is 10.4 Å². The Balaban J connectivity index is 1.37. The molecule has 0 spiro atoms. The molecule has 4 bridgehead atoms. The maximum Gasteiger partial charge on any atom is 0.267 e. The van der Waals surface area contributed by atoms with Crippen LogP contribution in [0.15, 0.2) is 41.2 Å². The number of amides is 1. The van der Waals surface area contributed by atoms with Crippen LogP contribution in [0.1, 0.15) is 51.5 Å². The summed E-state index contributed by atoms with van der Waals surface area (Å²) in [5, 5.41) is 7.88. The van der Waals surface area contributed by atoms with Gasteiger partial charge in [0.1, 0.15) is 11.8 Å². The van der Waals surface area contributed by atoms with Gasteiger partial charge in [0.25, 0.3) is 5.56 Å². The van der Waals surface area contributed by atoms with Crippen molar-refractivity contribution < 1.29 is 9.53 Å². The molecule has 0 saturated heterocycles. The highest BCUT2D eigenvalue weighted by Crippen LogP contribution is 2.55. The zero-order valence-corrected chi connectivity index (χ0v) is 17.6. The molecule has 30 heavy (non-hydrogen) atoms. The highest BCUT2D eigenvalue weighted by Gasteiger charge is 2.51. The Kier molecular flexibility index (Phi) is 4.68. The Bertz CT molecular complexity index is 976. The molecule has 6 rings (SSSR count). The molecular weight excluding hydrogens is 378 g/mol. The van der Waals surface area contributed by atoms with E-state index >= 15 is 0 Å². The summed E-state index contributed by atoms with van der Waals surface area (Å²) in [4.78, 5) is 25.7. The number of carbonyl (C=O) groups is 1. The molecule has 158 valence electrons. The number of methoxy groups -OCH3 is 1. The summed E-state index contributed by atoms with van der Waals surface area (Å²) in [6, 6.07) is 10.0. The second kappa shape index (κ2) is 7.25. The molecule has 4 fully saturated rings. The van der Waals surface area contributed by atoms with Gasteiger partial charge in [-0.15, -0.1) is 0 Å². The quantitative estimate of drug-likeness (QED) is 0.822. The number of hydrogen-bond donors (Lipinski definition) is 1. The lowest BCUT2D eigenvalue weighted by molar-refractivity contribution is -0.130. The molecule has 0 aliphatic heterocycles. The topological polar surface area (TPSA) is 73.2 Å². The summed E-state index contributed by atoms with van der Waals surface area (Å²) < 4.78 is 6.52. The van der Waals surface area contributed by atoms with Crippen LogP contribution in [0.25, 0.3) is 11.3 Å². The van der Waals surface area contributed by atoms with Crippen molar-refractivity contribution >= 4 is 5.91 Å². The molecule has 1 heterocycles. The number of hydrogen-bond acceptors (Lipinski definition) is 4. The average Bonchev–Trinajstić information content (AvgIpc) is 2.72. The van der Waals surface area contributed by atoms with Crippen molar-refractivity contribution in [1.82, 2.24) is 15.1 Å². The zero-order chi connectivity index (χ0) is 20.9. The van der Waals surface area contributed by atoms with Crippen LogP contribution < -0.4 is 15.6 Å². The number of benzene rings is 1. The van der Waals surface area contributed by atoms with Crippen molar-refractivity contribution in [2.24, 2.45) is 17.8 Å². The van der Waals surface area contributed by atoms with E-state index in [9.17, 15) is 9.59 Å². The standard InChI is InChI=1S/C24H29N3O3/c1-15(23(29)25-24-12-16-9-17(13-24)11-18(10-16)14-24)27-22(28)8-7-21(26-27)19-3-5-20(30-2)6-4-19/h3-8,15-18H,9-14H2,1-2H3,(H,25,29). The predicted molar refractivity (Wildman–Crippen MR) is 114 cm³/mol. The van der Waals surface area contributed by atoms with Crippen molar-refractivity contribution in [2.75, 3.05) is 7.11 Å². The smallest absolute Gasteiger partial charge is 0.267 e. The first kappa shape index (κ1) is 19.3. The van der Waals surface area contributed by atoms with E-state index < -0.39 is 6.04 Å². The molecule has 1 N–H and O–H groups in total. The third-order valence-electron chi connectivity index (χ3n) is 7.38. The van der Waals surface area contributed by atoms with Gasteiger partial charge >= 0.3 is 0 Å². The van der Waals surface area contributed by atoms with Gasteiger partial charge in [0.15, 0.2) is 0 Å². The first-order chi connectivity index (χ1) is 14.4. The van der Waals surface area contributed by atoms with Crippen LogP contribution in [-0.2, 0) is 4.79 Å². The summed E-state index contributed by atoms with van der Waals surface area (Å²) in [6.45, 7) is 1.77. The number of rotatable bonds is 5. The minimum atomic E-state index is -0.649. The summed E-state index contributed by atoms with van der Waals surface area (Å²) >= 11 is 0. The van der Waals surface area contributed by atoms with Gasteiger partial charge in [0, 0.05) is 17.2 Å². The summed E-state index contributed by atoms with van der Waals surface area (Å²) in [6.07, 6.45) is 7.25. The van der Waals surface area contributed by atoms with E-state index in [1.807, 2.05) is 24.3 Å². The van der Waals surface area contributed by atoms with Crippen LogP contribution in [-0.4, -0.2) is 28.3 Å². The van der Waals surface area contributed by atoms with Crippen molar-refractivity contribution in [3.05, 3.63) is 46.8 Å². The van der Waals surface area contributed by atoms with E-state index in [0.717, 1.165) is 48.3 Å². The molecule has 6 heteroatoms. The van der Waals surface area contributed by atoms with Crippen molar-refractivity contribution in [3.8, 4) is 17.0 Å². The molecule has 1 aromatic heterocycles. The second-order valence-electron chi connectivity index (χ2n) is 9.59. The van der Waals surface area contributed by atoms with Gasteiger partial charge < -0.3 is 10.1 Å². The number of aromatic nitrogens is 2. The number of nitrogens with one attached hydrogen (secondary N) is 1. The monoisotopic (exact) mass is 407 g/mol. The fourth-order valence-electron chi connectivity index (χ4n) is 6.36. The third kappa shape index (κ3) is 3.42. The Morgan fingerprint density at radius 1 is 1.07 bits per heavy atom. The highest BCUT2D eigenvalue weighted by molar-refractivity contribution is 5.80. The summed E-state index contributed by atoms with van der Waals surface area (Å²) in [5.74, 6) is 2.93. The molecule has 6 nitrogen and oxygen atoms in total. The molecule has 4 saturated carbocycles. The van der Waals surface area contributed by atoms with Crippen molar-refractivity contribution in [3.63, 3.8) is 0 Å². The van der Waals surface area contributed by atoms with E-state index in [1.54, 1.807) is 20.1 Å². The van der Waals surface area contributed by atoms with Crippen LogP contribution in [0.4, 0.5) is 0 Å². The summed E-state index contributed by atoms with van der Waals surface area (Å²) in [5.41, 5.74) is 1.20. The van der Waals surface area contributed by atoms with Gasteiger partial charge in [0.05, 0.1) is 12.8 Å². The number of carbonyl (C=O) groups excluding carboxylic acids is 1. The van der Waals surface area contributed by atoms with Gasteiger partial charge in [-0.25, -0.2) is 4.68 Å². The second-order valence-corrected chi connectivity index (χ2v) is 9.59. The number of ether oxygens (including phenoxy) is 1. The van der Waals surface area contributed by atoms with Crippen LogP contribution in [0, 0.1) is 17.8 Å². The van der Waals surface area contributed by atoms with Gasteiger partial charge in [0.2, 0.25) is 5.91 Å². The first-order valence-electron chi connectivity index (χ1n) is 11.0. The molecule has 0 radical (unpaired) electrons. The lowest BCUT2D eigenvalue weighted by atomic mass is 9.53. The van der Waals surface area contributed by atoms with Crippen LogP contribution in [0.2, 0.25) is 0 Å². The predicted octanol–water partition coefficient (Wildman–Crippen LogP) is 3.56. The Labute approximate surface area is 176 Å². The normalized spacial score (nSPS) is 30.1. The molecule has 1 amide bonds. The van der Waals surface area contributed by atoms with Crippen LogP contribution in [0.3, 0.4) is 0 Å². The minimum absolute atomic E-state index is 0.0721. The van der Waals surface area contributed by atoms with Crippen molar-refractivity contribution in [1.29, 1.82) is 0 Å². The SMILES string of the molecule is COc1ccc(-c2ccc(=O)n(C(C)C(=O)NC34CC5CC(CC(C5)C3)C4)n2)cc1. The Morgan fingerprint density at radius 3 is 2.23 bits per heavy atom. The van der Waals surface area contributed by atoms with Gasteiger partial charge in [-0.05, 0) is 93.5 Å². The maximum atomic E-state index is 13.2. The molecule has 1 atom stereocenters. The lowest BCUT2D eigenvalue weighted by Crippen LogP contribution is -2.60. The summed E-state index contributed by atoms with van der Waals surface area (Å²) in [7, 11) is 1.62. The first-order valence-corrected chi connectivity index (χ1v) is 11.0. The van der Waals surface area contributed by atoms with E-state index in [-0.39, 0.29) is 17.0 Å². The van der Waals surface area contributed by atoms with Crippen molar-refractivity contribution in [2.45, 2.75) is 57.0 Å². The lowest BCUT2D eigenvalue weighted by Gasteiger charge is -2.57. The molecule has 4 aliphatic carbocycles. The van der Waals surface area contributed by atoms with E-state index in [4.69, 9.17) is 4.74 Å². The largest absolute Gasteiger partial charge is 0.497 e. The van der Waals surface area contributed by atoms with E-state index in [1.165, 1.54) is 30.0 Å². The zero-order valence-electron chi connectivity index (χ0n) is 17.6. The van der Waals surface area contributed by atoms with Crippen LogP contribution in [0.5, 0.6) is 5.75 Å². The van der Waals surface area contributed by atoms with Crippen LogP contribution >= 0.6 is 0 Å². The van der Waals surface area contributed by atoms with Gasteiger partial charge in [-0.1, -0.05) is 0 Å². The average molecular weight is 408 g/mol. The van der Waals surface area contributed by atoms with E-state index in [0.29, 0.717) is 5.69 Å². The maximum absolute atomic E-state index is 13.2. The molecule has 1 aromatic carbocycles. The molecular formula is C24H29N3O3. The third-order valence-corrected chi connectivity index (χ3v) is 7.38.